The monoisotopic (exact) mass is 274 g/mol. The normalized spacial score (nSPS) is 11.1. The van der Waals surface area contributed by atoms with Gasteiger partial charge in [0.05, 0.1) is 5.02 Å². The number of benzene rings is 2. The van der Waals surface area contributed by atoms with Crippen LogP contribution in [-0.2, 0) is 5.60 Å². The SMILES string of the molecule is CC(C)(Oc1ccc(C=O)cc1Cl)c1ccccc1. The van der Waals surface area contributed by atoms with Gasteiger partial charge in [-0.15, -0.1) is 0 Å². The van der Waals surface area contributed by atoms with Crippen LogP contribution < -0.4 is 4.74 Å². The van der Waals surface area contributed by atoms with Crippen molar-refractivity contribution in [1.29, 1.82) is 0 Å². The summed E-state index contributed by atoms with van der Waals surface area (Å²) in [5.41, 5.74) is 1.11. The van der Waals surface area contributed by atoms with Gasteiger partial charge in [0.2, 0.25) is 0 Å². The molecule has 0 atom stereocenters. The van der Waals surface area contributed by atoms with Crippen molar-refractivity contribution in [3.63, 3.8) is 0 Å². The zero-order valence-electron chi connectivity index (χ0n) is 10.9. The van der Waals surface area contributed by atoms with Crippen molar-refractivity contribution in [1.82, 2.24) is 0 Å². The van der Waals surface area contributed by atoms with E-state index in [0.29, 0.717) is 16.3 Å². The molecule has 3 heteroatoms. The smallest absolute Gasteiger partial charge is 0.150 e. The minimum absolute atomic E-state index is 0.439. The number of aldehydes is 1. The lowest BCUT2D eigenvalue weighted by Crippen LogP contribution is -2.25. The van der Waals surface area contributed by atoms with Crippen LogP contribution >= 0.6 is 11.6 Å². The van der Waals surface area contributed by atoms with Gasteiger partial charge < -0.3 is 4.74 Å². The lowest BCUT2D eigenvalue weighted by Gasteiger charge is -2.27. The lowest BCUT2D eigenvalue weighted by atomic mass is 9.98. The van der Waals surface area contributed by atoms with Gasteiger partial charge in [0.1, 0.15) is 17.6 Å². The molecule has 0 radical (unpaired) electrons. The van der Waals surface area contributed by atoms with Crippen molar-refractivity contribution in [3.8, 4) is 5.75 Å². The first-order chi connectivity index (χ1) is 9.03. The average molecular weight is 275 g/mol. The first kappa shape index (κ1) is 13.6. The fourth-order valence-electron chi connectivity index (χ4n) is 1.85. The van der Waals surface area contributed by atoms with E-state index in [4.69, 9.17) is 16.3 Å². The zero-order valence-corrected chi connectivity index (χ0v) is 11.6. The predicted octanol–water partition coefficient (Wildman–Crippen LogP) is 4.47. The number of carbonyl (C=O) groups excluding carboxylic acids is 1. The predicted molar refractivity (Wildman–Crippen MR) is 76.9 cm³/mol. The molecule has 2 rings (SSSR count). The fourth-order valence-corrected chi connectivity index (χ4v) is 2.07. The topological polar surface area (TPSA) is 26.3 Å². The van der Waals surface area contributed by atoms with Crippen LogP contribution in [0, 0.1) is 0 Å². The molecule has 0 aliphatic rings. The largest absolute Gasteiger partial charge is 0.482 e. The first-order valence-corrected chi connectivity index (χ1v) is 6.40. The Hall–Kier alpha value is -1.80. The van der Waals surface area contributed by atoms with Crippen LogP contribution in [0.4, 0.5) is 0 Å². The molecular weight excluding hydrogens is 260 g/mol. The van der Waals surface area contributed by atoms with Gasteiger partial charge in [-0.1, -0.05) is 41.9 Å². The molecule has 0 bridgehead atoms. The molecule has 0 N–H and O–H groups in total. The van der Waals surface area contributed by atoms with Crippen molar-refractivity contribution in [2.45, 2.75) is 19.4 Å². The van der Waals surface area contributed by atoms with Gasteiger partial charge in [0.25, 0.3) is 0 Å². The Morgan fingerprint density at radius 1 is 1.11 bits per heavy atom. The third-order valence-electron chi connectivity index (χ3n) is 2.93. The highest BCUT2D eigenvalue weighted by Gasteiger charge is 2.23. The highest BCUT2D eigenvalue weighted by molar-refractivity contribution is 6.32. The van der Waals surface area contributed by atoms with Crippen molar-refractivity contribution in [2.24, 2.45) is 0 Å². The number of carbonyl (C=O) groups is 1. The molecule has 2 aromatic carbocycles. The molecule has 0 saturated carbocycles. The number of ether oxygens (including phenoxy) is 1. The molecule has 0 heterocycles. The van der Waals surface area contributed by atoms with Gasteiger partial charge in [-0.05, 0) is 37.6 Å². The first-order valence-electron chi connectivity index (χ1n) is 6.02. The summed E-state index contributed by atoms with van der Waals surface area (Å²) < 4.78 is 5.97. The summed E-state index contributed by atoms with van der Waals surface area (Å²) in [4.78, 5) is 10.7. The van der Waals surface area contributed by atoms with Crippen LogP contribution in [0.25, 0.3) is 0 Å². The second-order valence-corrected chi connectivity index (χ2v) is 5.19. The van der Waals surface area contributed by atoms with E-state index in [-0.39, 0.29) is 0 Å². The van der Waals surface area contributed by atoms with Crippen molar-refractivity contribution >= 4 is 17.9 Å². The Morgan fingerprint density at radius 2 is 1.79 bits per heavy atom. The minimum atomic E-state index is -0.492. The molecule has 0 fully saturated rings. The minimum Gasteiger partial charge on any atom is -0.482 e. The number of hydrogen-bond donors (Lipinski definition) is 0. The van der Waals surface area contributed by atoms with E-state index in [9.17, 15) is 4.79 Å². The maximum atomic E-state index is 10.7. The Balaban J connectivity index is 2.28. The fraction of sp³-hybridized carbons (Fsp3) is 0.188. The van der Waals surface area contributed by atoms with E-state index in [1.54, 1.807) is 18.2 Å². The van der Waals surface area contributed by atoms with Gasteiger partial charge in [0.15, 0.2) is 0 Å². The average Bonchev–Trinajstić information content (AvgIpc) is 2.42. The van der Waals surface area contributed by atoms with Gasteiger partial charge >= 0.3 is 0 Å². The van der Waals surface area contributed by atoms with E-state index in [1.807, 2.05) is 44.2 Å². The highest BCUT2D eigenvalue weighted by atomic mass is 35.5. The summed E-state index contributed by atoms with van der Waals surface area (Å²) in [6, 6.07) is 14.9. The standard InChI is InChI=1S/C16H15ClO2/c1-16(2,13-6-4-3-5-7-13)19-15-9-8-12(11-18)10-14(15)17/h3-11H,1-2H3. The summed E-state index contributed by atoms with van der Waals surface area (Å²) in [6.45, 7) is 3.96. The van der Waals surface area contributed by atoms with Crippen LogP contribution in [0.5, 0.6) is 5.75 Å². The number of rotatable bonds is 4. The maximum absolute atomic E-state index is 10.7. The summed E-state index contributed by atoms with van der Waals surface area (Å²) >= 11 is 6.12. The molecule has 0 amide bonds. The van der Waals surface area contributed by atoms with Crippen LogP contribution in [0.2, 0.25) is 5.02 Å². The van der Waals surface area contributed by atoms with Gasteiger partial charge in [0, 0.05) is 5.56 Å². The summed E-state index contributed by atoms with van der Waals surface area (Å²) in [5, 5.41) is 0.439. The molecular formula is C16H15ClO2. The lowest BCUT2D eigenvalue weighted by molar-refractivity contribution is 0.109. The van der Waals surface area contributed by atoms with Crippen LogP contribution in [0.1, 0.15) is 29.8 Å². The van der Waals surface area contributed by atoms with E-state index in [0.717, 1.165) is 11.8 Å². The summed E-state index contributed by atoms with van der Waals surface area (Å²) in [7, 11) is 0. The molecule has 0 spiro atoms. The Labute approximate surface area is 118 Å². The quantitative estimate of drug-likeness (QED) is 0.769. The molecule has 2 nitrogen and oxygen atoms in total. The molecule has 2 aromatic rings. The Morgan fingerprint density at radius 3 is 2.37 bits per heavy atom. The maximum Gasteiger partial charge on any atom is 0.150 e. The van der Waals surface area contributed by atoms with Crippen LogP contribution in [0.3, 0.4) is 0 Å². The van der Waals surface area contributed by atoms with E-state index < -0.39 is 5.60 Å². The molecule has 19 heavy (non-hydrogen) atoms. The number of halogens is 1. The van der Waals surface area contributed by atoms with Crippen LogP contribution in [0.15, 0.2) is 48.5 Å². The third-order valence-corrected chi connectivity index (χ3v) is 3.22. The van der Waals surface area contributed by atoms with Crippen LogP contribution in [-0.4, -0.2) is 6.29 Å². The Kier molecular flexibility index (Phi) is 3.91. The van der Waals surface area contributed by atoms with E-state index in [1.165, 1.54) is 0 Å². The number of hydrogen-bond acceptors (Lipinski definition) is 2. The second kappa shape index (κ2) is 5.45. The van der Waals surface area contributed by atoms with Crippen molar-refractivity contribution in [3.05, 3.63) is 64.7 Å². The van der Waals surface area contributed by atoms with Gasteiger partial charge in [-0.25, -0.2) is 0 Å². The van der Waals surface area contributed by atoms with E-state index >= 15 is 0 Å². The second-order valence-electron chi connectivity index (χ2n) is 4.79. The zero-order chi connectivity index (χ0) is 13.9. The van der Waals surface area contributed by atoms with Crippen molar-refractivity contribution < 1.29 is 9.53 Å². The van der Waals surface area contributed by atoms with Gasteiger partial charge in [-0.3, -0.25) is 4.79 Å². The molecule has 0 aliphatic heterocycles. The molecule has 98 valence electrons. The Bertz CT molecular complexity index is 577. The highest BCUT2D eigenvalue weighted by Crippen LogP contribution is 2.32. The molecule has 0 saturated heterocycles. The molecule has 0 unspecified atom stereocenters. The summed E-state index contributed by atoms with van der Waals surface area (Å²) in [5.74, 6) is 0.570. The third kappa shape index (κ3) is 3.15. The van der Waals surface area contributed by atoms with Gasteiger partial charge in [-0.2, -0.15) is 0 Å². The summed E-state index contributed by atoms with van der Waals surface area (Å²) in [6.07, 6.45) is 0.762. The van der Waals surface area contributed by atoms with Crippen molar-refractivity contribution in [2.75, 3.05) is 0 Å². The van der Waals surface area contributed by atoms with E-state index in [2.05, 4.69) is 0 Å². The molecule has 0 aromatic heterocycles. The molecule has 0 aliphatic carbocycles.